The summed E-state index contributed by atoms with van der Waals surface area (Å²) in [6.07, 6.45) is 2.20. The van der Waals surface area contributed by atoms with Gasteiger partial charge in [0.15, 0.2) is 0 Å². The molecule has 1 aliphatic rings. The zero-order valence-corrected chi connectivity index (χ0v) is 12.9. The zero-order valence-electron chi connectivity index (χ0n) is 12.0. The largest absolute Gasteiger partial charge is 0.494 e. The van der Waals surface area contributed by atoms with Gasteiger partial charge in [0, 0.05) is 24.0 Å². The Morgan fingerprint density at radius 2 is 2.00 bits per heavy atom. The highest BCUT2D eigenvalue weighted by Gasteiger charge is 2.21. The van der Waals surface area contributed by atoms with E-state index in [1.165, 1.54) is 11.3 Å². The fourth-order valence-electron chi connectivity index (χ4n) is 2.45. The SMILES string of the molecule is CCOc1ccc(-c2nc(C(=O)N3CCCC3)cs2)cc1. The molecule has 1 aliphatic heterocycles. The van der Waals surface area contributed by atoms with E-state index in [0.717, 1.165) is 42.3 Å². The van der Waals surface area contributed by atoms with Gasteiger partial charge in [0.05, 0.1) is 6.61 Å². The lowest BCUT2D eigenvalue weighted by atomic mass is 10.2. The van der Waals surface area contributed by atoms with Crippen LogP contribution < -0.4 is 4.74 Å². The van der Waals surface area contributed by atoms with Crippen molar-refractivity contribution in [1.82, 2.24) is 9.88 Å². The quantitative estimate of drug-likeness (QED) is 0.869. The monoisotopic (exact) mass is 302 g/mol. The molecule has 1 aromatic carbocycles. The van der Waals surface area contributed by atoms with Crippen molar-refractivity contribution in [3.63, 3.8) is 0 Å². The molecule has 1 saturated heterocycles. The van der Waals surface area contributed by atoms with E-state index >= 15 is 0 Å². The second kappa shape index (κ2) is 6.26. The molecule has 0 spiro atoms. The summed E-state index contributed by atoms with van der Waals surface area (Å²) in [6.45, 7) is 4.33. The van der Waals surface area contributed by atoms with E-state index in [1.807, 2.05) is 41.5 Å². The van der Waals surface area contributed by atoms with Crippen molar-refractivity contribution in [3.8, 4) is 16.3 Å². The predicted octanol–water partition coefficient (Wildman–Crippen LogP) is 3.44. The van der Waals surface area contributed by atoms with E-state index < -0.39 is 0 Å². The molecule has 0 saturated carbocycles. The second-order valence-corrected chi connectivity index (χ2v) is 5.85. The van der Waals surface area contributed by atoms with Gasteiger partial charge in [0.1, 0.15) is 16.5 Å². The van der Waals surface area contributed by atoms with Gasteiger partial charge in [-0.15, -0.1) is 11.3 Å². The summed E-state index contributed by atoms with van der Waals surface area (Å²) in [7, 11) is 0. The Labute approximate surface area is 128 Å². The van der Waals surface area contributed by atoms with Crippen LogP contribution in [0.1, 0.15) is 30.3 Å². The number of carbonyl (C=O) groups is 1. The molecule has 4 nitrogen and oxygen atoms in total. The molecule has 2 aromatic rings. The molecule has 0 unspecified atom stereocenters. The normalized spacial score (nSPS) is 14.4. The Balaban J connectivity index is 1.76. The third-order valence-corrected chi connectivity index (χ3v) is 4.42. The summed E-state index contributed by atoms with van der Waals surface area (Å²) < 4.78 is 5.43. The number of amides is 1. The van der Waals surface area contributed by atoms with Gasteiger partial charge in [-0.2, -0.15) is 0 Å². The number of nitrogens with zero attached hydrogens (tertiary/aromatic N) is 2. The molecule has 1 aromatic heterocycles. The molecule has 3 rings (SSSR count). The maximum Gasteiger partial charge on any atom is 0.273 e. The molecule has 0 atom stereocenters. The van der Waals surface area contributed by atoms with Crippen LogP contribution in [0.15, 0.2) is 29.6 Å². The van der Waals surface area contributed by atoms with Gasteiger partial charge < -0.3 is 9.64 Å². The van der Waals surface area contributed by atoms with Crippen LogP contribution in [0.25, 0.3) is 10.6 Å². The van der Waals surface area contributed by atoms with Gasteiger partial charge in [-0.1, -0.05) is 0 Å². The summed E-state index contributed by atoms with van der Waals surface area (Å²) in [4.78, 5) is 18.7. The van der Waals surface area contributed by atoms with Crippen LogP contribution in [0.5, 0.6) is 5.75 Å². The smallest absolute Gasteiger partial charge is 0.273 e. The van der Waals surface area contributed by atoms with Crippen molar-refractivity contribution in [2.45, 2.75) is 19.8 Å². The van der Waals surface area contributed by atoms with Crippen molar-refractivity contribution in [2.24, 2.45) is 0 Å². The van der Waals surface area contributed by atoms with E-state index in [4.69, 9.17) is 4.74 Å². The van der Waals surface area contributed by atoms with Gasteiger partial charge in [0.25, 0.3) is 5.91 Å². The van der Waals surface area contributed by atoms with Crippen molar-refractivity contribution >= 4 is 17.2 Å². The molecule has 2 heterocycles. The van der Waals surface area contributed by atoms with Crippen LogP contribution in [0.3, 0.4) is 0 Å². The van der Waals surface area contributed by atoms with Gasteiger partial charge in [-0.25, -0.2) is 4.98 Å². The van der Waals surface area contributed by atoms with Crippen molar-refractivity contribution in [2.75, 3.05) is 19.7 Å². The fraction of sp³-hybridized carbons (Fsp3) is 0.375. The highest BCUT2D eigenvalue weighted by Crippen LogP contribution is 2.26. The molecule has 110 valence electrons. The van der Waals surface area contributed by atoms with Crippen LogP contribution in [-0.2, 0) is 0 Å². The highest BCUT2D eigenvalue weighted by atomic mass is 32.1. The summed E-state index contributed by atoms with van der Waals surface area (Å²) in [5.41, 5.74) is 1.58. The van der Waals surface area contributed by atoms with Crippen LogP contribution in [-0.4, -0.2) is 35.5 Å². The predicted molar refractivity (Wildman–Crippen MR) is 83.9 cm³/mol. The standard InChI is InChI=1S/C16H18N2O2S/c1-2-20-13-7-5-12(6-8-13)15-17-14(11-21-15)16(19)18-9-3-4-10-18/h5-8,11H,2-4,9-10H2,1H3. The zero-order chi connectivity index (χ0) is 14.7. The summed E-state index contributed by atoms with van der Waals surface area (Å²) in [5, 5.41) is 2.73. The third-order valence-electron chi connectivity index (χ3n) is 3.53. The summed E-state index contributed by atoms with van der Waals surface area (Å²) >= 11 is 1.51. The lowest BCUT2D eigenvalue weighted by Gasteiger charge is -2.12. The molecule has 21 heavy (non-hydrogen) atoms. The Bertz CT molecular complexity index is 615. The number of likely N-dealkylation sites (tertiary alicyclic amines) is 1. The lowest BCUT2D eigenvalue weighted by Crippen LogP contribution is -2.27. The number of thiazole rings is 1. The third kappa shape index (κ3) is 3.08. The summed E-state index contributed by atoms with van der Waals surface area (Å²) in [5.74, 6) is 0.909. The van der Waals surface area contributed by atoms with Gasteiger partial charge in [-0.05, 0) is 44.0 Å². The number of carbonyl (C=O) groups excluding carboxylic acids is 1. The van der Waals surface area contributed by atoms with Gasteiger partial charge in [-0.3, -0.25) is 4.79 Å². The average molecular weight is 302 g/mol. The highest BCUT2D eigenvalue weighted by molar-refractivity contribution is 7.13. The first-order valence-electron chi connectivity index (χ1n) is 7.26. The van der Waals surface area contributed by atoms with Crippen molar-refractivity contribution < 1.29 is 9.53 Å². The first kappa shape index (κ1) is 14.1. The second-order valence-electron chi connectivity index (χ2n) is 4.99. The van der Waals surface area contributed by atoms with E-state index in [1.54, 1.807) is 0 Å². The van der Waals surface area contributed by atoms with Crippen LogP contribution >= 0.6 is 11.3 Å². The van der Waals surface area contributed by atoms with Crippen LogP contribution in [0.4, 0.5) is 0 Å². The molecule has 1 fully saturated rings. The van der Waals surface area contributed by atoms with Crippen molar-refractivity contribution in [1.29, 1.82) is 0 Å². The maximum atomic E-state index is 12.3. The molecule has 0 N–H and O–H groups in total. The molecular weight excluding hydrogens is 284 g/mol. The minimum Gasteiger partial charge on any atom is -0.494 e. The number of hydrogen-bond acceptors (Lipinski definition) is 4. The molecule has 0 radical (unpaired) electrons. The Hall–Kier alpha value is -1.88. The Morgan fingerprint density at radius 3 is 2.67 bits per heavy atom. The number of hydrogen-bond donors (Lipinski definition) is 0. The molecule has 1 amide bonds. The summed E-state index contributed by atoms with van der Waals surface area (Å²) in [6, 6.07) is 7.83. The van der Waals surface area contributed by atoms with Crippen molar-refractivity contribution in [3.05, 3.63) is 35.3 Å². The maximum absolute atomic E-state index is 12.3. The molecule has 5 heteroatoms. The Kier molecular flexibility index (Phi) is 4.20. The average Bonchev–Trinajstić information content (AvgIpc) is 3.19. The number of aromatic nitrogens is 1. The van der Waals surface area contributed by atoms with Crippen LogP contribution in [0.2, 0.25) is 0 Å². The number of rotatable bonds is 4. The van der Waals surface area contributed by atoms with Gasteiger partial charge >= 0.3 is 0 Å². The minimum absolute atomic E-state index is 0.0564. The molecule has 0 aliphatic carbocycles. The first-order chi connectivity index (χ1) is 10.3. The number of benzene rings is 1. The lowest BCUT2D eigenvalue weighted by molar-refractivity contribution is 0.0788. The van der Waals surface area contributed by atoms with Gasteiger partial charge in [0.2, 0.25) is 0 Å². The topological polar surface area (TPSA) is 42.4 Å². The Morgan fingerprint density at radius 1 is 1.29 bits per heavy atom. The van der Waals surface area contributed by atoms with E-state index in [9.17, 15) is 4.79 Å². The fourth-order valence-corrected chi connectivity index (χ4v) is 3.25. The van der Waals surface area contributed by atoms with E-state index in [2.05, 4.69) is 4.98 Å². The molecular formula is C16H18N2O2S. The van der Waals surface area contributed by atoms with E-state index in [0.29, 0.717) is 12.3 Å². The first-order valence-corrected chi connectivity index (χ1v) is 8.14. The molecule has 0 bridgehead atoms. The number of ether oxygens (including phenoxy) is 1. The van der Waals surface area contributed by atoms with E-state index in [-0.39, 0.29) is 5.91 Å². The van der Waals surface area contributed by atoms with Crippen LogP contribution in [0, 0.1) is 0 Å². The minimum atomic E-state index is 0.0564.